The molecule has 6 nitrogen and oxygen atoms in total. The van der Waals surface area contributed by atoms with Crippen molar-refractivity contribution in [1.82, 2.24) is 0 Å². The number of non-ortho nitro benzene ring substituents is 1. The zero-order valence-electron chi connectivity index (χ0n) is 14.9. The average molecular weight is 412 g/mol. The summed E-state index contributed by atoms with van der Waals surface area (Å²) in [6.45, 7) is 0. The maximum Gasteiger partial charge on any atom is 0.273 e. The number of ether oxygens (including phenoxy) is 1. The van der Waals surface area contributed by atoms with Gasteiger partial charge in [-0.15, -0.1) is 0 Å². The Morgan fingerprint density at radius 3 is 2.39 bits per heavy atom. The molecule has 0 atom stereocenters. The molecule has 0 bridgehead atoms. The summed E-state index contributed by atoms with van der Waals surface area (Å²) in [6.07, 6.45) is 0. The molecule has 28 heavy (non-hydrogen) atoms. The first-order valence-electron chi connectivity index (χ1n) is 8.29. The van der Waals surface area contributed by atoms with Crippen molar-refractivity contribution in [3.63, 3.8) is 0 Å². The van der Waals surface area contributed by atoms with Crippen LogP contribution in [0.15, 0.2) is 82.6 Å². The van der Waals surface area contributed by atoms with Gasteiger partial charge in [0.1, 0.15) is 5.75 Å². The molecular formula is C20H17N3O3S2. The van der Waals surface area contributed by atoms with Gasteiger partial charge in [0.25, 0.3) is 5.69 Å². The van der Waals surface area contributed by atoms with E-state index in [2.05, 4.69) is 10.6 Å². The second-order valence-corrected chi connectivity index (χ2v) is 7.16. The topological polar surface area (TPSA) is 76.4 Å². The highest BCUT2D eigenvalue weighted by molar-refractivity contribution is 7.99. The number of nitrogens with one attached hydrogen (secondary N) is 2. The Morgan fingerprint density at radius 1 is 1.00 bits per heavy atom. The normalized spacial score (nSPS) is 10.2. The SMILES string of the molecule is COc1cc([N+](=O)[O-])ccc1NC(=S)Nc1ccccc1Sc1ccccc1. The molecule has 3 rings (SSSR count). The molecule has 3 aromatic rings. The van der Waals surface area contributed by atoms with Crippen molar-refractivity contribution in [2.75, 3.05) is 17.7 Å². The fourth-order valence-corrected chi connectivity index (χ4v) is 3.59. The lowest BCUT2D eigenvalue weighted by atomic mass is 10.2. The number of hydrogen-bond acceptors (Lipinski definition) is 5. The molecule has 0 aromatic heterocycles. The van der Waals surface area contributed by atoms with Crippen LogP contribution in [-0.2, 0) is 0 Å². The summed E-state index contributed by atoms with van der Waals surface area (Å²) < 4.78 is 5.23. The van der Waals surface area contributed by atoms with Gasteiger partial charge in [-0.2, -0.15) is 0 Å². The summed E-state index contributed by atoms with van der Waals surface area (Å²) in [7, 11) is 1.45. The van der Waals surface area contributed by atoms with Gasteiger partial charge in [0.2, 0.25) is 0 Å². The predicted octanol–water partition coefficient (Wildman–Crippen LogP) is 5.56. The Kier molecular flexibility index (Phi) is 6.46. The molecule has 0 heterocycles. The van der Waals surface area contributed by atoms with Gasteiger partial charge in [0.05, 0.1) is 29.5 Å². The van der Waals surface area contributed by atoms with Gasteiger partial charge in [-0.05, 0) is 42.5 Å². The summed E-state index contributed by atoms with van der Waals surface area (Å²) in [5.41, 5.74) is 1.35. The van der Waals surface area contributed by atoms with E-state index in [1.807, 2.05) is 54.6 Å². The zero-order valence-corrected chi connectivity index (χ0v) is 16.5. The van der Waals surface area contributed by atoms with Gasteiger partial charge in [0.15, 0.2) is 5.11 Å². The molecule has 3 aromatic carbocycles. The monoisotopic (exact) mass is 411 g/mol. The minimum Gasteiger partial charge on any atom is -0.494 e. The van der Waals surface area contributed by atoms with Gasteiger partial charge in [0, 0.05) is 15.9 Å². The molecule has 0 spiro atoms. The van der Waals surface area contributed by atoms with Crippen LogP contribution in [0.2, 0.25) is 0 Å². The Morgan fingerprint density at radius 2 is 1.68 bits per heavy atom. The molecule has 0 saturated heterocycles. The van der Waals surface area contributed by atoms with Crippen molar-refractivity contribution < 1.29 is 9.66 Å². The molecule has 0 aliphatic rings. The van der Waals surface area contributed by atoms with E-state index in [1.54, 1.807) is 17.8 Å². The fraction of sp³-hybridized carbons (Fsp3) is 0.0500. The third-order valence-electron chi connectivity index (χ3n) is 3.75. The maximum atomic E-state index is 10.9. The maximum absolute atomic E-state index is 10.9. The lowest BCUT2D eigenvalue weighted by Gasteiger charge is -2.15. The molecule has 8 heteroatoms. The minimum absolute atomic E-state index is 0.0501. The smallest absolute Gasteiger partial charge is 0.273 e. The van der Waals surface area contributed by atoms with Crippen molar-refractivity contribution in [3.05, 3.63) is 82.9 Å². The summed E-state index contributed by atoms with van der Waals surface area (Å²) in [6, 6.07) is 22.2. The van der Waals surface area contributed by atoms with Gasteiger partial charge >= 0.3 is 0 Å². The lowest BCUT2D eigenvalue weighted by Crippen LogP contribution is -2.19. The standard InChI is InChI=1S/C20H17N3O3S2/c1-26-18-13-14(23(24)25)11-12-16(18)21-20(27)22-17-9-5-6-10-19(17)28-15-7-3-2-4-8-15/h2-13H,1H3,(H2,21,22,27). The molecule has 0 unspecified atom stereocenters. The Labute approximate surface area is 172 Å². The minimum atomic E-state index is -0.472. The molecule has 2 N–H and O–H groups in total. The number of thiocarbonyl (C=S) groups is 1. The third-order valence-corrected chi connectivity index (χ3v) is 5.04. The van der Waals surface area contributed by atoms with Crippen LogP contribution in [0.4, 0.5) is 17.1 Å². The van der Waals surface area contributed by atoms with Crippen molar-refractivity contribution in [2.24, 2.45) is 0 Å². The van der Waals surface area contributed by atoms with E-state index < -0.39 is 4.92 Å². The van der Waals surface area contributed by atoms with Gasteiger partial charge in [-0.25, -0.2) is 0 Å². The molecule has 0 aliphatic heterocycles. The highest BCUT2D eigenvalue weighted by Crippen LogP contribution is 2.34. The molecule has 0 radical (unpaired) electrons. The summed E-state index contributed by atoms with van der Waals surface area (Å²) in [5.74, 6) is 0.338. The first-order chi connectivity index (χ1) is 13.6. The van der Waals surface area contributed by atoms with Crippen LogP contribution in [0.3, 0.4) is 0 Å². The number of nitro groups is 1. The summed E-state index contributed by atoms with van der Waals surface area (Å²) in [4.78, 5) is 12.6. The number of para-hydroxylation sites is 1. The highest BCUT2D eigenvalue weighted by Gasteiger charge is 2.13. The van der Waals surface area contributed by atoms with E-state index in [1.165, 1.54) is 19.2 Å². The molecule has 0 fully saturated rings. The van der Waals surface area contributed by atoms with Crippen LogP contribution >= 0.6 is 24.0 Å². The first kappa shape index (κ1) is 19.7. The third kappa shape index (κ3) is 4.99. The molecular weight excluding hydrogens is 394 g/mol. The van der Waals surface area contributed by atoms with Crippen LogP contribution in [0.25, 0.3) is 0 Å². The largest absolute Gasteiger partial charge is 0.494 e. The van der Waals surface area contributed by atoms with Crippen LogP contribution in [0, 0.1) is 10.1 Å². The van der Waals surface area contributed by atoms with E-state index in [9.17, 15) is 10.1 Å². The van der Waals surface area contributed by atoms with Gasteiger partial charge in [-0.3, -0.25) is 10.1 Å². The zero-order chi connectivity index (χ0) is 19.9. The number of hydrogen-bond donors (Lipinski definition) is 2. The summed E-state index contributed by atoms with van der Waals surface area (Å²) in [5, 5.41) is 17.5. The van der Waals surface area contributed by atoms with Crippen molar-refractivity contribution in [1.29, 1.82) is 0 Å². The van der Waals surface area contributed by atoms with Crippen LogP contribution < -0.4 is 15.4 Å². The van der Waals surface area contributed by atoms with Crippen LogP contribution in [0.5, 0.6) is 5.75 Å². The first-order valence-corrected chi connectivity index (χ1v) is 9.51. The molecule has 0 saturated carbocycles. The highest BCUT2D eigenvalue weighted by atomic mass is 32.2. The molecule has 142 valence electrons. The number of methoxy groups -OCH3 is 1. The van der Waals surface area contributed by atoms with E-state index in [-0.39, 0.29) is 5.69 Å². The second kappa shape index (κ2) is 9.20. The van der Waals surface area contributed by atoms with E-state index in [0.717, 1.165) is 15.5 Å². The average Bonchev–Trinajstić information content (AvgIpc) is 2.70. The molecule has 0 aliphatic carbocycles. The van der Waals surface area contributed by atoms with E-state index in [0.29, 0.717) is 16.5 Å². The quantitative estimate of drug-likeness (QED) is 0.312. The van der Waals surface area contributed by atoms with Crippen molar-refractivity contribution >= 4 is 46.2 Å². The van der Waals surface area contributed by atoms with Crippen LogP contribution in [0.1, 0.15) is 0 Å². The predicted molar refractivity (Wildman–Crippen MR) is 116 cm³/mol. The van der Waals surface area contributed by atoms with Gasteiger partial charge < -0.3 is 15.4 Å². The lowest BCUT2D eigenvalue weighted by molar-refractivity contribution is -0.384. The Bertz CT molecular complexity index is 997. The Hall–Kier alpha value is -3.10. The molecule has 0 amide bonds. The second-order valence-electron chi connectivity index (χ2n) is 5.63. The number of rotatable bonds is 6. The van der Waals surface area contributed by atoms with E-state index >= 15 is 0 Å². The van der Waals surface area contributed by atoms with Crippen LogP contribution in [-0.4, -0.2) is 17.1 Å². The van der Waals surface area contributed by atoms with E-state index in [4.69, 9.17) is 17.0 Å². The summed E-state index contributed by atoms with van der Waals surface area (Å²) >= 11 is 7.04. The number of benzene rings is 3. The van der Waals surface area contributed by atoms with Crippen molar-refractivity contribution in [2.45, 2.75) is 9.79 Å². The van der Waals surface area contributed by atoms with Crippen molar-refractivity contribution in [3.8, 4) is 5.75 Å². The number of anilines is 2. The Balaban J connectivity index is 1.75. The number of nitro benzene ring substituents is 1. The fourth-order valence-electron chi connectivity index (χ4n) is 2.45. The number of nitrogens with zero attached hydrogens (tertiary/aromatic N) is 1. The van der Waals surface area contributed by atoms with Gasteiger partial charge in [-0.1, -0.05) is 42.1 Å².